The number of hydrogen-bond acceptors (Lipinski definition) is 2. The number of carbonyl (C=O) groups excluding carboxylic acids is 1. The van der Waals surface area contributed by atoms with E-state index in [9.17, 15) is 4.79 Å². The van der Waals surface area contributed by atoms with E-state index in [0.717, 1.165) is 31.7 Å². The van der Waals surface area contributed by atoms with Crippen molar-refractivity contribution in [1.29, 1.82) is 0 Å². The molecule has 104 valence electrons. The molecular formula is C15H23N3O. The minimum absolute atomic E-state index is 0.00162. The van der Waals surface area contributed by atoms with Crippen molar-refractivity contribution in [2.24, 2.45) is 0 Å². The van der Waals surface area contributed by atoms with E-state index in [4.69, 9.17) is 0 Å². The van der Waals surface area contributed by atoms with Crippen LogP contribution in [0.1, 0.15) is 26.2 Å². The molecule has 0 spiro atoms. The lowest BCUT2D eigenvalue weighted by molar-refractivity contribution is 0.206. The van der Waals surface area contributed by atoms with Crippen molar-refractivity contribution in [3.8, 4) is 0 Å². The fraction of sp³-hybridized carbons (Fsp3) is 0.533. The zero-order valence-corrected chi connectivity index (χ0v) is 11.6. The van der Waals surface area contributed by atoms with Crippen LogP contribution in [0.25, 0.3) is 0 Å². The molecule has 4 heteroatoms. The molecule has 1 unspecified atom stereocenters. The molecule has 1 aromatic carbocycles. The molecule has 2 amide bonds. The number of para-hydroxylation sites is 1. The van der Waals surface area contributed by atoms with Crippen molar-refractivity contribution in [1.82, 2.24) is 10.2 Å². The van der Waals surface area contributed by atoms with Gasteiger partial charge < -0.3 is 15.5 Å². The minimum Gasteiger partial charge on any atom is -0.323 e. The number of hydrogen-bond donors (Lipinski definition) is 2. The zero-order valence-electron chi connectivity index (χ0n) is 11.6. The quantitative estimate of drug-likeness (QED) is 0.856. The molecule has 2 rings (SSSR count). The van der Waals surface area contributed by atoms with Crippen molar-refractivity contribution in [2.45, 2.75) is 32.2 Å². The largest absolute Gasteiger partial charge is 0.323 e. The molecule has 1 aliphatic rings. The van der Waals surface area contributed by atoms with Crippen LogP contribution in [0, 0.1) is 0 Å². The normalized spacial score (nSPS) is 18.3. The third kappa shape index (κ3) is 4.24. The number of rotatable bonds is 5. The third-order valence-corrected chi connectivity index (χ3v) is 3.41. The zero-order chi connectivity index (χ0) is 13.5. The Morgan fingerprint density at radius 3 is 2.84 bits per heavy atom. The van der Waals surface area contributed by atoms with E-state index >= 15 is 0 Å². The second-order valence-corrected chi connectivity index (χ2v) is 5.04. The topological polar surface area (TPSA) is 44.4 Å². The van der Waals surface area contributed by atoms with Crippen LogP contribution in [-0.4, -0.2) is 36.6 Å². The first-order chi connectivity index (χ1) is 9.29. The fourth-order valence-corrected chi connectivity index (χ4v) is 2.45. The van der Waals surface area contributed by atoms with E-state index < -0.39 is 0 Å². The average Bonchev–Trinajstić information content (AvgIpc) is 2.92. The van der Waals surface area contributed by atoms with Crippen molar-refractivity contribution >= 4 is 11.7 Å². The number of benzene rings is 1. The Hall–Kier alpha value is -1.55. The first-order valence-electron chi connectivity index (χ1n) is 7.14. The van der Waals surface area contributed by atoms with E-state index in [0.29, 0.717) is 6.04 Å². The van der Waals surface area contributed by atoms with Gasteiger partial charge in [0.05, 0.1) is 0 Å². The van der Waals surface area contributed by atoms with Gasteiger partial charge in [0, 0.05) is 24.8 Å². The van der Waals surface area contributed by atoms with Gasteiger partial charge in [-0.15, -0.1) is 0 Å². The van der Waals surface area contributed by atoms with Gasteiger partial charge in [0.1, 0.15) is 0 Å². The van der Waals surface area contributed by atoms with Gasteiger partial charge in [0.2, 0.25) is 0 Å². The summed E-state index contributed by atoms with van der Waals surface area (Å²) >= 11 is 0. The highest BCUT2D eigenvalue weighted by Gasteiger charge is 2.20. The molecule has 1 heterocycles. The minimum atomic E-state index is 0.00162. The molecule has 1 aromatic rings. The summed E-state index contributed by atoms with van der Waals surface area (Å²) in [5.74, 6) is 0. The number of urea groups is 1. The van der Waals surface area contributed by atoms with Gasteiger partial charge in [-0.3, -0.25) is 0 Å². The summed E-state index contributed by atoms with van der Waals surface area (Å²) < 4.78 is 0. The number of nitrogens with one attached hydrogen (secondary N) is 2. The summed E-state index contributed by atoms with van der Waals surface area (Å²) in [5, 5.41) is 6.40. The van der Waals surface area contributed by atoms with Crippen LogP contribution in [0.4, 0.5) is 10.5 Å². The third-order valence-electron chi connectivity index (χ3n) is 3.41. The Labute approximate surface area is 115 Å². The SMILES string of the molecule is CCCN(CC1CCCN1)C(=O)Nc1ccccc1. The molecule has 2 N–H and O–H groups in total. The first kappa shape index (κ1) is 13.9. The summed E-state index contributed by atoms with van der Waals surface area (Å²) in [5.41, 5.74) is 0.855. The lowest BCUT2D eigenvalue weighted by atomic mass is 10.2. The Balaban J connectivity index is 1.91. The summed E-state index contributed by atoms with van der Waals surface area (Å²) in [6, 6.07) is 10.1. The monoisotopic (exact) mass is 261 g/mol. The molecular weight excluding hydrogens is 238 g/mol. The average molecular weight is 261 g/mol. The molecule has 0 saturated carbocycles. The van der Waals surface area contributed by atoms with Crippen LogP contribution in [0.2, 0.25) is 0 Å². The Morgan fingerprint density at radius 1 is 1.42 bits per heavy atom. The maximum Gasteiger partial charge on any atom is 0.321 e. The molecule has 1 atom stereocenters. The summed E-state index contributed by atoms with van der Waals surface area (Å²) in [4.78, 5) is 14.2. The van der Waals surface area contributed by atoms with E-state index in [1.54, 1.807) is 0 Å². The van der Waals surface area contributed by atoms with E-state index in [2.05, 4.69) is 17.6 Å². The lowest BCUT2D eigenvalue weighted by Crippen LogP contribution is -2.43. The van der Waals surface area contributed by atoms with Crippen LogP contribution in [0.15, 0.2) is 30.3 Å². The van der Waals surface area contributed by atoms with Crippen molar-refractivity contribution in [2.75, 3.05) is 25.0 Å². The molecule has 19 heavy (non-hydrogen) atoms. The number of amides is 2. The van der Waals surface area contributed by atoms with E-state index in [1.807, 2.05) is 35.2 Å². The van der Waals surface area contributed by atoms with Crippen molar-refractivity contribution in [3.05, 3.63) is 30.3 Å². The van der Waals surface area contributed by atoms with Crippen LogP contribution in [0.3, 0.4) is 0 Å². The lowest BCUT2D eigenvalue weighted by Gasteiger charge is -2.25. The van der Waals surface area contributed by atoms with Crippen LogP contribution in [-0.2, 0) is 0 Å². The number of anilines is 1. The highest BCUT2D eigenvalue weighted by atomic mass is 16.2. The van der Waals surface area contributed by atoms with Gasteiger partial charge in [0.15, 0.2) is 0 Å². The standard InChI is InChI=1S/C15H23N3O/c1-2-11-18(12-14-9-6-10-16-14)15(19)17-13-7-4-3-5-8-13/h3-5,7-8,14,16H,2,6,9-12H2,1H3,(H,17,19). The number of nitrogens with zero attached hydrogens (tertiary/aromatic N) is 1. The van der Waals surface area contributed by atoms with Gasteiger partial charge in [-0.25, -0.2) is 4.79 Å². The molecule has 1 fully saturated rings. The molecule has 0 radical (unpaired) electrons. The molecule has 1 aliphatic heterocycles. The van der Waals surface area contributed by atoms with Gasteiger partial charge in [-0.2, -0.15) is 0 Å². The van der Waals surface area contributed by atoms with Crippen molar-refractivity contribution in [3.63, 3.8) is 0 Å². The fourth-order valence-electron chi connectivity index (χ4n) is 2.45. The highest BCUT2D eigenvalue weighted by molar-refractivity contribution is 5.89. The second kappa shape index (κ2) is 7.14. The second-order valence-electron chi connectivity index (χ2n) is 5.04. The number of carbonyl (C=O) groups is 1. The van der Waals surface area contributed by atoms with Crippen LogP contribution in [0.5, 0.6) is 0 Å². The maximum absolute atomic E-state index is 12.3. The smallest absolute Gasteiger partial charge is 0.321 e. The Kier molecular flexibility index (Phi) is 5.21. The molecule has 1 saturated heterocycles. The van der Waals surface area contributed by atoms with Gasteiger partial charge >= 0.3 is 6.03 Å². The van der Waals surface area contributed by atoms with E-state index in [1.165, 1.54) is 12.8 Å². The predicted molar refractivity (Wildman–Crippen MR) is 78.3 cm³/mol. The summed E-state index contributed by atoms with van der Waals surface area (Å²) in [7, 11) is 0. The Bertz CT molecular complexity index is 388. The Morgan fingerprint density at radius 2 is 2.21 bits per heavy atom. The van der Waals surface area contributed by atoms with Gasteiger partial charge in [-0.05, 0) is 37.9 Å². The maximum atomic E-state index is 12.3. The molecule has 0 aliphatic carbocycles. The predicted octanol–water partition coefficient (Wildman–Crippen LogP) is 2.68. The van der Waals surface area contributed by atoms with E-state index in [-0.39, 0.29) is 6.03 Å². The van der Waals surface area contributed by atoms with Crippen LogP contribution < -0.4 is 10.6 Å². The van der Waals surface area contributed by atoms with Gasteiger partial charge in [0.25, 0.3) is 0 Å². The summed E-state index contributed by atoms with van der Waals surface area (Å²) in [6.07, 6.45) is 3.36. The first-order valence-corrected chi connectivity index (χ1v) is 7.14. The van der Waals surface area contributed by atoms with Gasteiger partial charge in [-0.1, -0.05) is 25.1 Å². The molecule has 0 bridgehead atoms. The summed E-state index contributed by atoms with van der Waals surface area (Å²) in [6.45, 7) is 4.78. The van der Waals surface area contributed by atoms with Crippen molar-refractivity contribution < 1.29 is 4.79 Å². The highest BCUT2D eigenvalue weighted by Crippen LogP contribution is 2.10. The molecule has 0 aromatic heterocycles. The molecule has 4 nitrogen and oxygen atoms in total. The van der Waals surface area contributed by atoms with Crippen LogP contribution >= 0.6 is 0 Å².